The number of nitrogens with zero attached hydrogens (tertiary/aromatic N) is 3. The van der Waals surface area contributed by atoms with E-state index >= 15 is 0 Å². The maximum Gasteiger partial charge on any atom is 0.224 e. The van der Waals surface area contributed by atoms with Gasteiger partial charge in [-0.05, 0) is 48.0 Å². The van der Waals surface area contributed by atoms with Gasteiger partial charge in [0.25, 0.3) is 0 Å². The normalized spacial score (nSPS) is 10.7. The van der Waals surface area contributed by atoms with Gasteiger partial charge in [-0.15, -0.1) is 10.2 Å². The molecule has 6 heteroatoms. The van der Waals surface area contributed by atoms with Crippen molar-refractivity contribution in [1.29, 1.82) is 0 Å². The Morgan fingerprint density at radius 2 is 2.11 bits per heavy atom. The predicted molar refractivity (Wildman–Crippen MR) is 78.0 cm³/mol. The van der Waals surface area contributed by atoms with E-state index in [1.807, 2.05) is 29.7 Å². The number of anilines is 1. The molecule has 1 aromatic carbocycles. The highest BCUT2D eigenvalue weighted by atomic mass is 79.9. The van der Waals surface area contributed by atoms with Gasteiger partial charge >= 0.3 is 0 Å². The molecule has 0 radical (unpaired) electrons. The number of aromatic nitrogens is 3. The lowest BCUT2D eigenvalue weighted by atomic mass is 10.2. The molecule has 0 saturated heterocycles. The molecule has 0 aliphatic heterocycles. The number of halogens is 2. The first-order valence-corrected chi connectivity index (χ1v) is 6.97. The minimum absolute atomic E-state index is 0.695. The molecule has 0 amide bonds. The van der Waals surface area contributed by atoms with Crippen molar-refractivity contribution in [1.82, 2.24) is 14.8 Å². The molecule has 0 saturated carbocycles. The quantitative estimate of drug-likeness (QED) is 0.927. The van der Waals surface area contributed by atoms with Crippen molar-refractivity contribution in [2.75, 3.05) is 11.9 Å². The smallest absolute Gasteiger partial charge is 0.224 e. The van der Waals surface area contributed by atoms with Crippen LogP contribution in [0.15, 0.2) is 22.7 Å². The first kappa shape index (κ1) is 13.4. The van der Waals surface area contributed by atoms with Crippen LogP contribution < -0.4 is 5.32 Å². The molecule has 0 atom stereocenters. The van der Waals surface area contributed by atoms with E-state index in [1.54, 1.807) is 0 Å². The molecule has 1 heterocycles. The molecule has 0 unspecified atom stereocenters. The summed E-state index contributed by atoms with van der Waals surface area (Å²) in [5.74, 6) is 1.62. The largest absolute Gasteiger partial charge is 0.355 e. The predicted octanol–water partition coefficient (Wildman–Crippen LogP) is 3.81. The van der Waals surface area contributed by atoms with Crippen molar-refractivity contribution in [3.05, 3.63) is 27.7 Å². The first-order valence-electron chi connectivity index (χ1n) is 5.79. The summed E-state index contributed by atoms with van der Waals surface area (Å²) in [6.07, 6.45) is 0. The highest BCUT2D eigenvalue weighted by Crippen LogP contribution is 2.30. The van der Waals surface area contributed by atoms with Crippen LogP contribution in [0.1, 0.15) is 13.8 Å². The first-order chi connectivity index (χ1) is 8.67. The zero-order chi connectivity index (χ0) is 13.1. The Balaban J connectivity index is 2.50. The van der Waals surface area contributed by atoms with Crippen LogP contribution in [0.4, 0.5) is 5.95 Å². The number of hydrogen-bond acceptors (Lipinski definition) is 3. The van der Waals surface area contributed by atoms with Crippen LogP contribution in [0, 0.1) is 0 Å². The summed E-state index contributed by atoms with van der Waals surface area (Å²) in [6.45, 7) is 5.73. The van der Waals surface area contributed by atoms with E-state index in [-0.39, 0.29) is 0 Å². The van der Waals surface area contributed by atoms with E-state index in [2.05, 4.69) is 38.4 Å². The molecule has 0 spiro atoms. The van der Waals surface area contributed by atoms with Crippen molar-refractivity contribution in [3.63, 3.8) is 0 Å². The van der Waals surface area contributed by atoms with Crippen LogP contribution in [0.25, 0.3) is 11.4 Å². The second-order valence-corrected chi connectivity index (χ2v) is 5.04. The molecule has 1 N–H and O–H groups in total. The minimum Gasteiger partial charge on any atom is -0.355 e. The summed E-state index contributed by atoms with van der Waals surface area (Å²) in [6, 6.07) is 5.65. The molecule has 2 aromatic rings. The third-order valence-electron chi connectivity index (χ3n) is 2.57. The number of nitrogens with one attached hydrogen (secondary N) is 1. The van der Waals surface area contributed by atoms with Gasteiger partial charge in [0.05, 0.1) is 0 Å². The molecule has 1 aromatic heterocycles. The molecular formula is C12H14BrClN4. The van der Waals surface area contributed by atoms with Gasteiger partial charge in [0, 0.05) is 28.1 Å². The van der Waals surface area contributed by atoms with Crippen molar-refractivity contribution < 1.29 is 0 Å². The van der Waals surface area contributed by atoms with Gasteiger partial charge in [-0.3, -0.25) is 4.57 Å². The van der Waals surface area contributed by atoms with Crippen molar-refractivity contribution in [3.8, 4) is 11.4 Å². The number of rotatable bonds is 4. The second kappa shape index (κ2) is 5.71. The van der Waals surface area contributed by atoms with Crippen LogP contribution in [-0.2, 0) is 6.54 Å². The fourth-order valence-corrected chi connectivity index (χ4v) is 2.62. The van der Waals surface area contributed by atoms with Gasteiger partial charge in [-0.2, -0.15) is 0 Å². The van der Waals surface area contributed by atoms with Gasteiger partial charge in [0.2, 0.25) is 5.95 Å². The van der Waals surface area contributed by atoms with Crippen LogP contribution in [0.2, 0.25) is 5.02 Å². The molecular weight excluding hydrogens is 316 g/mol. The standard InChI is InChI=1S/C12H14BrClN4/c1-3-15-12-17-16-11(18(12)4-2)9-6-5-8(14)7-10(9)13/h5-7H,3-4H2,1-2H3,(H,15,17). The Hall–Kier alpha value is -1.07. The molecule has 4 nitrogen and oxygen atoms in total. The van der Waals surface area contributed by atoms with Crippen LogP contribution >= 0.6 is 27.5 Å². The lowest BCUT2D eigenvalue weighted by Gasteiger charge is -2.09. The van der Waals surface area contributed by atoms with E-state index in [4.69, 9.17) is 11.6 Å². The average Bonchev–Trinajstić information content (AvgIpc) is 2.72. The van der Waals surface area contributed by atoms with Gasteiger partial charge in [0.15, 0.2) is 5.82 Å². The molecule has 0 fully saturated rings. The molecule has 0 aliphatic rings. The minimum atomic E-state index is 0.695. The zero-order valence-electron chi connectivity index (χ0n) is 10.2. The van der Waals surface area contributed by atoms with Crippen molar-refractivity contribution >= 4 is 33.5 Å². The number of hydrogen-bond donors (Lipinski definition) is 1. The SMILES string of the molecule is CCNc1nnc(-c2ccc(Cl)cc2Br)n1CC. The topological polar surface area (TPSA) is 42.7 Å². The van der Waals surface area contributed by atoms with E-state index < -0.39 is 0 Å². The molecule has 0 bridgehead atoms. The van der Waals surface area contributed by atoms with Crippen molar-refractivity contribution in [2.45, 2.75) is 20.4 Å². The van der Waals surface area contributed by atoms with E-state index in [9.17, 15) is 0 Å². The fourth-order valence-electron chi connectivity index (χ4n) is 1.76. The lowest BCUT2D eigenvalue weighted by Crippen LogP contribution is -2.07. The fraction of sp³-hybridized carbons (Fsp3) is 0.333. The van der Waals surface area contributed by atoms with Crippen molar-refractivity contribution in [2.24, 2.45) is 0 Å². The zero-order valence-corrected chi connectivity index (χ0v) is 12.6. The summed E-state index contributed by atoms with van der Waals surface area (Å²) < 4.78 is 2.96. The van der Waals surface area contributed by atoms with Crippen LogP contribution in [0.5, 0.6) is 0 Å². The highest BCUT2D eigenvalue weighted by molar-refractivity contribution is 9.10. The van der Waals surface area contributed by atoms with E-state index in [1.165, 1.54) is 0 Å². The maximum absolute atomic E-state index is 5.95. The monoisotopic (exact) mass is 328 g/mol. The summed E-state index contributed by atoms with van der Waals surface area (Å²) in [4.78, 5) is 0. The Morgan fingerprint density at radius 3 is 2.72 bits per heavy atom. The lowest BCUT2D eigenvalue weighted by molar-refractivity contribution is 0.770. The van der Waals surface area contributed by atoms with Gasteiger partial charge in [-0.25, -0.2) is 0 Å². The molecule has 2 rings (SSSR count). The summed E-state index contributed by atoms with van der Waals surface area (Å²) in [5.41, 5.74) is 0.984. The van der Waals surface area contributed by atoms with Gasteiger partial charge in [-0.1, -0.05) is 11.6 Å². The summed E-state index contributed by atoms with van der Waals surface area (Å²) in [5, 5.41) is 12.3. The highest BCUT2D eigenvalue weighted by Gasteiger charge is 2.14. The van der Waals surface area contributed by atoms with Gasteiger partial charge < -0.3 is 5.32 Å². The second-order valence-electron chi connectivity index (χ2n) is 3.75. The molecule has 96 valence electrons. The summed E-state index contributed by atoms with van der Waals surface area (Å²) >= 11 is 9.46. The Morgan fingerprint density at radius 1 is 1.33 bits per heavy atom. The average molecular weight is 330 g/mol. The Labute approximate surface area is 119 Å². The molecule has 0 aliphatic carbocycles. The Kier molecular flexibility index (Phi) is 4.24. The third-order valence-corrected chi connectivity index (χ3v) is 3.47. The molecule has 18 heavy (non-hydrogen) atoms. The van der Waals surface area contributed by atoms with Gasteiger partial charge in [0.1, 0.15) is 0 Å². The summed E-state index contributed by atoms with van der Waals surface area (Å²) in [7, 11) is 0. The van der Waals surface area contributed by atoms with E-state index in [0.29, 0.717) is 5.02 Å². The number of benzene rings is 1. The third kappa shape index (κ3) is 2.52. The maximum atomic E-state index is 5.95. The Bertz CT molecular complexity index is 553. The van der Waals surface area contributed by atoms with Crippen LogP contribution in [-0.4, -0.2) is 21.3 Å². The van der Waals surface area contributed by atoms with Crippen LogP contribution in [0.3, 0.4) is 0 Å². The van der Waals surface area contributed by atoms with E-state index in [0.717, 1.165) is 34.9 Å².